The molecular weight excluding hydrogens is 328 g/mol. The zero-order chi connectivity index (χ0) is 18.1. The predicted molar refractivity (Wildman–Crippen MR) is 98.7 cm³/mol. The van der Waals surface area contributed by atoms with E-state index >= 15 is 0 Å². The molecule has 132 valence electrons. The number of hydrogen-bond acceptors (Lipinski definition) is 3. The van der Waals surface area contributed by atoms with E-state index < -0.39 is 12.1 Å². The normalized spacial score (nSPS) is 14.7. The molecule has 26 heavy (non-hydrogen) atoms. The first-order valence-corrected chi connectivity index (χ1v) is 8.76. The Bertz CT molecular complexity index is 943. The number of rotatable bonds is 3. The van der Waals surface area contributed by atoms with Gasteiger partial charge in [-0.2, -0.15) is 0 Å². The van der Waals surface area contributed by atoms with Crippen LogP contribution in [0.5, 0.6) is 0 Å². The molecule has 0 aliphatic carbocycles. The van der Waals surface area contributed by atoms with Gasteiger partial charge in [0.25, 0.3) is 5.91 Å². The molecule has 0 fully saturated rings. The van der Waals surface area contributed by atoms with Gasteiger partial charge >= 0.3 is 5.97 Å². The van der Waals surface area contributed by atoms with Crippen molar-refractivity contribution in [2.75, 3.05) is 6.54 Å². The molecule has 1 N–H and O–H groups in total. The Morgan fingerprint density at radius 2 is 1.81 bits per heavy atom. The van der Waals surface area contributed by atoms with E-state index in [1.54, 1.807) is 17.9 Å². The van der Waals surface area contributed by atoms with Crippen LogP contribution in [0.3, 0.4) is 0 Å². The summed E-state index contributed by atoms with van der Waals surface area (Å²) in [5.74, 6) is -0.677. The highest BCUT2D eigenvalue weighted by Gasteiger charge is 2.27. The molecule has 1 aliphatic rings. The van der Waals surface area contributed by atoms with Crippen molar-refractivity contribution in [2.45, 2.75) is 26.0 Å². The number of carbonyl (C=O) groups is 2. The Morgan fingerprint density at radius 1 is 1.08 bits per heavy atom. The minimum atomic E-state index is -0.820. The van der Waals surface area contributed by atoms with Gasteiger partial charge in [-0.05, 0) is 36.6 Å². The van der Waals surface area contributed by atoms with Crippen LogP contribution in [0.15, 0.2) is 54.6 Å². The fourth-order valence-corrected chi connectivity index (χ4v) is 3.40. The number of nitrogens with zero attached hydrogens (tertiary/aromatic N) is 1. The van der Waals surface area contributed by atoms with Gasteiger partial charge < -0.3 is 14.6 Å². The second kappa shape index (κ2) is 6.67. The van der Waals surface area contributed by atoms with Crippen molar-refractivity contribution in [1.29, 1.82) is 0 Å². The zero-order valence-corrected chi connectivity index (χ0v) is 14.6. The number of benzene rings is 2. The molecule has 0 saturated carbocycles. The van der Waals surface area contributed by atoms with E-state index in [1.165, 1.54) is 5.56 Å². The Labute approximate surface area is 151 Å². The van der Waals surface area contributed by atoms with E-state index in [-0.39, 0.29) is 5.91 Å². The third kappa shape index (κ3) is 3.08. The van der Waals surface area contributed by atoms with Crippen LogP contribution < -0.4 is 0 Å². The molecule has 5 heteroatoms. The van der Waals surface area contributed by atoms with Gasteiger partial charge in [-0.1, -0.05) is 42.5 Å². The molecular formula is C21H20N2O3. The highest BCUT2D eigenvalue weighted by Crippen LogP contribution is 2.20. The van der Waals surface area contributed by atoms with Crippen LogP contribution in [0.25, 0.3) is 10.9 Å². The predicted octanol–water partition coefficient (Wildman–Crippen LogP) is 3.30. The summed E-state index contributed by atoms with van der Waals surface area (Å²) in [5, 5.41) is 0.936. The molecule has 1 amide bonds. The van der Waals surface area contributed by atoms with Gasteiger partial charge in [-0.25, -0.2) is 4.79 Å². The van der Waals surface area contributed by atoms with Crippen LogP contribution in [0.2, 0.25) is 0 Å². The lowest BCUT2D eigenvalue weighted by Gasteiger charge is -2.30. The summed E-state index contributed by atoms with van der Waals surface area (Å²) < 4.78 is 5.41. The Morgan fingerprint density at radius 3 is 2.62 bits per heavy atom. The highest BCUT2D eigenvalue weighted by atomic mass is 16.5. The Kier molecular flexibility index (Phi) is 4.21. The first-order chi connectivity index (χ1) is 12.6. The molecule has 1 aromatic heterocycles. The molecule has 0 unspecified atom stereocenters. The first-order valence-electron chi connectivity index (χ1n) is 8.76. The third-order valence-corrected chi connectivity index (χ3v) is 4.82. The number of carbonyl (C=O) groups excluding carboxylic acids is 2. The number of amides is 1. The summed E-state index contributed by atoms with van der Waals surface area (Å²) >= 11 is 0. The number of fused-ring (bicyclic) bond motifs is 2. The SMILES string of the molecule is C[C@@H](OC(=O)c1cc2ccccc2[nH]1)C(=O)N1CCc2ccccc2C1. The topological polar surface area (TPSA) is 62.4 Å². The monoisotopic (exact) mass is 348 g/mol. The molecule has 0 saturated heterocycles. The lowest BCUT2D eigenvalue weighted by atomic mass is 9.99. The molecule has 0 radical (unpaired) electrons. The Hall–Kier alpha value is -3.08. The molecule has 2 aromatic carbocycles. The second-order valence-electron chi connectivity index (χ2n) is 6.60. The standard InChI is InChI=1S/C21H20N2O3/c1-14(20(24)23-11-10-15-6-2-3-8-17(15)13-23)26-21(25)19-12-16-7-4-5-9-18(16)22-19/h2-9,12,14,22H,10-11,13H2,1H3/t14-/m1/s1. The number of nitrogens with one attached hydrogen (secondary N) is 1. The molecule has 3 aromatic rings. The third-order valence-electron chi connectivity index (χ3n) is 4.82. The van der Waals surface area contributed by atoms with E-state index in [0.717, 1.165) is 22.9 Å². The quantitative estimate of drug-likeness (QED) is 0.739. The van der Waals surface area contributed by atoms with Crippen molar-refractivity contribution < 1.29 is 14.3 Å². The number of esters is 1. The van der Waals surface area contributed by atoms with Gasteiger partial charge in [0, 0.05) is 24.0 Å². The molecule has 4 rings (SSSR count). The molecule has 1 atom stereocenters. The van der Waals surface area contributed by atoms with E-state index in [9.17, 15) is 9.59 Å². The van der Waals surface area contributed by atoms with Gasteiger partial charge in [0.15, 0.2) is 6.10 Å². The average molecular weight is 348 g/mol. The van der Waals surface area contributed by atoms with Gasteiger partial charge in [-0.3, -0.25) is 4.79 Å². The van der Waals surface area contributed by atoms with Crippen LogP contribution in [0, 0.1) is 0 Å². The summed E-state index contributed by atoms with van der Waals surface area (Å²) in [7, 11) is 0. The van der Waals surface area contributed by atoms with E-state index in [4.69, 9.17) is 4.74 Å². The second-order valence-corrected chi connectivity index (χ2v) is 6.60. The lowest BCUT2D eigenvalue weighted by Crippen LogP contribution is -2.42. The Balaban J connectivity index is 1.43. The molecule has 0 bridgehead atoms. The number of ether oxygens (including phenoxy) is 1. The number of hydrogen-bond donors (Lipinski definition) is 1. The van der Waals surface area contributed by atoms with Crippen molar-refractivity contribution in [2.24, 2.45) is 0 Å². The van der Waals surface area contributed by atoms with Gasteiger partial charge in [0.2, 0.25) is 0 Å². The van der Waals surface area contributed by atoms with Gasteiger partial charge in [0.1, 0.15) is 5.69 Å². The van der Waals surface area contributed by atoms with Crippen LogP contribution >= 0.6 is 0 Å². The van der Waals surface area contributed by atoms with Crippen molar-refractivity contribution in [3.63, 3.8) is 0 Å². The molecule has 5 nitrogen and oxygen atoms in total. The molecule has 0 spiro atoms. The average Bonchev–Trinajstić information content (AvgIpc) is 3.11. The summed E-state index contributed by atoms with van der Waals surface area (Å²) in [6, 6.07) is 17.5. The number of aromatic amines is 1. The maximum absolute atomic E-state index is 12.7. The van der Waals surface area contributed by atoms with Crippen LogP contribution in [-0.4, -0.2) is 34.4 Å². The lowest BCUT2D eigenvalue weighted by molar-refractivity contribution is -0.140. The zero-order valence-electron chi connectivity index (χ0n) is 14.6. The van der Waals surface area contributed by atoms with Crippen LogP contribution in [0.1, 0.15) is 28.5 Å². The van der Waals surface area contributed by atoms with Crippen molar-refractivity contribution >= 4 is 22.8 Å². The molecule has 1 aliphatic heterocycles. The largest absolute Gasteiger partial charge is 0.448 e. The maximum Gasteiger partial charge on any atom is 0.355 e. The fourth-order valence-electron chi connectivity index (χ4n) is 3.40. The highest BCUT2D eigenvalue weighted by molar-refractivity contribution is 5.96. The number of aromatic nitrogens is 1. The van der Waals surface area contributed by atoms with Crippen molar-refractivity contribution in [3.8, 4) is 0 Å². The van der Waals surface area contributed by atoms with Crippen molar-refractivity contribution in [1.82, 2.24) is 9.88 Å². The van der Waals surface area contributed by atoms with Gasteiger partial charge in [0.05, 0.1) is 0 Å². The smallest absolute Gasteiger partial charge is 0.355 e. The summed E-state index contributed by atoms with van der Waals surface area (Å²) in [6.45, 7) is 2.83. The van der Waals surface area contributed by atoms with E-state index in [2.05, 4.69) is 11.1 Å². The number of H-pyrrole nitrogens is 1. The minimum absolute atomic E-state index is 0.163. The van der Waals surface area contributed by atoms with Crippen LogP contribution in [0.4, 0.5) is 0 Å². The first kappa shape index (κ1) is 16.4. The van der Waals surface area contributed by atoms with E-state index in [1.807, 2.05) is 42.5 Å². The summed E-state index contributed by atoms with van der Waals surface area (Å²) in [5.41, 5.74) is 3.65. The van der Waals surface area contributed by atoms with Crippen LogP contribution in [-0.2, 0) is 22.5 Å². The minimum Gasteiger partial charge on any atom is -0.448 e. The number of para-hydroxylation sites is 1. The van der Waals surface area contributed by atoms with Crippen molar-refractivity contribution in [3.05, 3.63) is 71.4 Å². The fraction of sp³-hybridized carbons (Fsp3) is 0.238. The summed E-state index contributed by atoms with van der Waals surface area (Å²) in [4.78, 5) is 29.9. The summed E-state index contributed by atoms with van der Waals surface area (Å²) in [6.07, 6.45) is 0.00380. The van der Waals surface area contributed by atoms with E-state index in [0.29, 0.717) is 18.8 Å². The maximum atomic E-state index is 12.7. The molecule has 2 heterocycles. The van der Waals surface area contributed by atoms with Gasteiger partial charge in [-0.15, -0.1) is 0 Å².